The Kier molecular flexibility index (Phi) is 8.61. The number of carbonyl (C=O) groups is 3. The van der Waals surface area contributed by atoms with Gasteiger partial charge in [0.05, 0.1) is 12.5 Å². The lowest BCUT2D eigenvalue weighted by molar-refractivity contribution is -0.154. The van der Waals surface area contributed by atoms with Crippen LogP contribution >= 0.6 is 0 Å². The minimum Gasteiger partial charge on any atom is -0.452 e. The van der Waals surface area contributed by atoms with Gasteiger partial charge in [-0.1, -0.05) is 60.7 Å². The molecule has 0 fully saturated rings. The van der Waals surface area contributed by atoms with Crippen molar-refractivity contribution in [3.63, 3.8) is 0 Å². The third-order valence-electron chi connectivity index (χ3n) is 4.23. The number of esters is 1. The molecule has 2 amide bonds. The molecule has 0 aromatic heterocycles. The van der Waals surface area contributed by atoms with Gasteiger partial charge in [0.25, 0.3) is 5.91 Å². The Hall–Kier alpha value is -3.35. The van der Waals surface area contributed by atoms with E-state index in [0.717, 1.165) is 11.1 Å². The van der Waals surface area contributed by atoms with E-state index in [1.807, 2.05) is 60.7 Å². The van der Waals surface area contributed by atoms with Crippen molar-refractivity contribution in [2.75, 3.05) is 6.54 Å². The smallest absolute Gasteiger partial charge is 0.407 e. The molecule has 0 unspecified atom stereocenters. The lowest BCUT2D eigenvalue weighted by Crippen LogP contribution is -2.39. The number of amides is 2. The first-order valence-corrected chi connectivity index (χ1v) is 10.2. The van der Waals surface area contributed by atoms with Gasteiger partial charge in [0.1, 0.15) is 5.60 Å². The molecule has 7 heteroatoms. The van der Waals surface area contributed by atoms with Crippen LogP contribution in [0.3, 0.4) is 0 Å². The molecular weight excluding hydrogens is 396 g/mol. The van der Waals surface area contributed by atoms with Gasteiger partial charge in [0.15, 0.2) is 6.10 Å². The highest BCUT2D eigenvalue weighted by Crippen LogP contribution is 2.22. The lowest BCUT2D eigenvalue weighted by atomic mass is 9.98. The van der Waals surface area contributed by atoms with Crippen molar-refractivity contribution >= 4 is 18.0 Å². The average Bonchev–Trinajstić information content (AvgIpc) is 2.71. The summed E-state index contributed by atoms with van der Waals surface area (Å²) in [7, 11) is 0. The van der Waals surface area contributed by atoms with Gasteiger partial charge in [-0.3, -0.25) is 9.59 Å². The highest BCUT2D eigenvalue weighted by molar-refractivity contribution is 5.84. The highest BCUT2D eigenvalue weighted by Gasteiger charge is 2.23. The molecule has 0 bridgehead atoms. The van der Waals surface area contributed by atoms with Gasteiger partial charge in [-0.05, 0) is 38.8 Å². The van der Waals surface area contributed by atoms with E-state index in [0.29, 0.717) is 0 Å². The summed E-state index contributed by atoms with van der Waals surface area (Å²) in [6.45, 7) is 6.82. The maximum atomic E-state index is 12.7. The number of nitrogens with one attached hydrogen (secondary N) is 2. The van der Waals surface area contributed by atoms with Crippen molar-refractivity contribution in [3.8, 4) is 0 Å². The summed E-state index contributed by atoms with van der Waals surface area (Å²) >= 11 is 0. The van der Waals surface area contributed by atoms with Crippen LogP contribution in [0.15, 0.2) is 60.7 Å². The third-order valence-corrected chi connectivity index (χ3v) is 4.23. The molecular formula is C24H30N2O5. The van der Waals surface area contributed by atoms with Gasteiger partial charge < -0.3 is 20.1 Å². The Morgan fingerprint density at radius 2 is 1.42 bits per heavy atom. The van der Waals surface area contributed by atoms with E-state index in [4.69, 9.17) is 9.47 Å². The number of carbonyl (C=O) groups excluding carboxylic acids is 3. The SMILES string of the molecule is C[C@H](OC(=O)CCNC(=O)OC(C)(C)C)C(=O)NC(c1ccccc1)c1ccccc1. The maximum Gasteiger partial charge on any atom is 0.407 e. The van der Waals surface area contributed by atoms with Gasteiger partial charge >= 0.3 is 12.1 Å². The zero-order valence-corrected chi connectivity index (χ0v) is 18.4. The van der Waals surface area contributed by atoms with Crippen molar-refractivity contribution in [3.05, 3.63) is 71.8 Å². The number of ether oxygens (including phenoxy) is 2. The zero-order valence-electron chi connectivity index (χ0n) is 18.4. The van der Waals surface area contributed by atoms with Crippen molar-refractivity contribution in [1.82, 2.24) is 10.6 Å². The van der Waals surface area contributed by atoms with Crippen molar-refractivity contribution in [2.45, 2.75) is 51.9 Å². The van der Waals surface area contributed by atoms with E-state index < -0.39 is 29.7 Å². The van der Waals surface area contributed by atoms with E-state index in [9.17, 15) is 14.4 Å². The first-order chi connectivity index (χ1) is 14.7. The van der Waals surface area contributed by atoms with Crippen molar-refractivity contribution < 1.29 is 23.9 Å². The topological polar surface area (TPSA) is 93.7 Å². The molecule has 2 aromatic carbocycles. The molecule has 0 aliphatic carbocycles. The minimum atomic E-state index is -0.982. The second-order valence-corrected chi connectivity index (χ2v) is 8.07. The van der Waals surface area contributed by atoms with Crippen LogP contribution < -0.4 is 10.6 Å². The molecule has 0 spiro atoms. The fourth-order valence-corrected chi connectivity index (χ4v) is 2.80. The van der Waals surface area contributed by atoms with E-state index in [1.165, 1.54) is 6.92 Å². The van der Waals surface area contributed by atoms with Crippen LogP contribution in [0.4, 0.5) is 4.79 Å². The molecule has 0 aliphatic heterocycles. The van der Waals surface area contributed by atoms with Crippen LogP contribution in [0.2, 0.25) is 0 Å². The molecule has 2 aromatic rings. The summed E-state index contributed by atoms with van der Waals surface area (Å²) in [6, 6.07) is 18.8. The van der Waals surface area contributed by atoms with Crippen LogP contribution in [0.25, 0.3) is 0 Å². The first kappa shape index (κ1) is 23.9. The van der Waals surface area contributed by atoms with Gasteiger partial charge in [0, 0.05) is 6.54 Å². The first-order valence-electron chi connectivity index (χ1n) is 10.2. The number of benzene rings is 2. The summed E-state index contributed by atoms with van der Waals surface area (Å²) in [5, 5.41) is 5.43. The Bertz CT molecular complexity index is 823. The van der Waals surface area contributed by atoms with Gasteiger partial charge in [-0.25, -0.2) is 4.79 Å². The molecule has 0 aliphatic rings. The van der Waals surface area contributed by atoms with Crippen molar-refractivity contribution in [2.24, 2.45) is 0 Å². The normalized spacial score (nSPS) is 12.0. The van der Waals surface area contributed by atoms with Crippen LogP contribution in [0.1, 0.15) is 51.3 Å². The van der Waals surface area contributed by atoms with E-state index in [-0.39, 0.29) is 19.0 Å². The highest BCUT2D eigenvalue weighted by atomic mass is 16.6. The number of alkyl carbamates (subject to hydrolysis) is 1. The van der Waals surface area contributed by atoms with E-state index >= 15 is 0 Å². The number of rotatable bonds is 8. The predicted octanol–water partition coefficient (Wildman–Crippen LogP) is 3.74. The average molecular weight is 427 g/mol. The Morgan fingerprint density at radius 3 is 1.90 bits per heavy atom. The zero-order chi connectivity index (χ0) is 22.9. The second-order valence-electron chi connectivity index (χ2n) is 8.07. The van der Waals surface area contributed by atoms with Gasteiger partial charge in [-0.2, -0.15) is 0 Å². The molecule has 31 heavy (non-hydrogen) atoms. The fraction of sp³-hybridized carbons (Fsp3) is 0.375. The Balaban J connectivity index is 1.89. The summed E-state index contributed by atoms with van der Waals surface area (Å²) in [5.41, 5.74) is 1.22. The standard InChI is InChI=1S/C24H30N2O5/c1-17(30-20(27)15-16-25-23(29)31-24(2,3)4)22(28)26-21(18-11-7-5-8-12-18)19-13-9-6-10-14-19/h5-14,17,21H,15-16H2,1-4H3,(H,25,29)(H,26,28)/t17-/m0/s1. The second kappa shape index (κ2) is 11.2. The van der Waals surface area contributed by atoms with Crippen LogP contribution in [0.5, 0.6) is 0 Å². The summed E-state index contributed by atoms with van der Waals surface area (Å²) in [5.74, 6) is -0.999. The van der Waals surface area contributed by atoms with Gasteiger partial charge in [0.2, 0.25) is 0 Å². The number of hydrogen-bond donors (Lipinski definition) is 2. The molecule has 0 saturated carbocycles. The monoisotopic (exact) mass is 426 g/mol. The fourth-order valence-electron chi connectivity index (χ4n) is 2.80. The van der Waals surface area contributed by atoms with Crippen molar-refractivity contribution in [1.29, 1.82) is 0 Å². The maximum absolute atomic E-state index is 12.7. The quantitative estimate of drug-likeness (QED) is 0.627. The molecule has 0 radical (unpaired) electrons. The summed E-state index contributed by atoms with van der Waals surface area (Å²) in [6.07, 6.45) is -1.67. The van der Waals surface area contributed by atoms with Crippen LogP contribution in [-0.4, -0.2) is 36.2 Å². The van der Waals surface area contributed by atoms with Crippen LogP contribution in [-0.2, 0) is 19.1 Å². The van der Waals surface area contributed by atoms with E-state index in [1.54, 1.807) is 20.8 Å². The van der Waals surface area contributed by atoms with Crippen LogP contribution in [0, 0.1) is 0 Å². The summed E-state index contributed by atoms with van der Waals surface area (Å²) < 4.78 is 10.3. The molecule has 2 N–H and O–H groups in total. The Labute approximate surface area is 183 Å². The third kappa shape index (κ3) is 8.50. The predicted molar refractivity (Wildman–Crippen MR) is 117 cm³/mol. The molecule has 0 heterocycles. The Morgan fingerprint density at radius 1 is 0.903 bits per heavy atom. The summed E-state index contributed by atoms with van der Waals surface area (Å²) in [4.78, 5) is 36.4. The molecule has 7 nitrogen and oxygen atoms in total. The largest absolute Gasteiger partial charge is 0.452 e. The molecule has 1 atom stereocenters. The number of hydrogen-bond acceptors (Lipinski definition) is 5. The molecule has 2 rings (SSSR count). The molecule has 0 saturated heterocycles. The minimum absolute atomic E-state index is 0.0543. The van der Waals surface area contributed by atoms with Gasteiger partial charge in [-0.15, -0.1) is 0 Å². The van der Waals surface area contributed by atoms with E-state index in [2.05, 4.69) is 10.6 Å². The molecule has 166 valence electrons. The lowest BCUT2D eigenvalue weighted by Gasteiger charge is -2.22.